The molecule has 1 aliphatic rings. The fourth-order valence-corrected chi connectivity index (χ4v) is 5.20. The third-order valence-corrected chi connectivity index (χ3v) is 6.65. The van der Waals surface area contributed by atoms with Crippen molar-refractivity contribution in [3.8, 4) is 5.75 Å². The lowest BCUT2D eigenvalue weighted by molar-refractivity contribution is -0.117. The highest BCUT2D eigenvalue weighted by Crippen LogP contribution is 2.33. The highest BCUT2D eigenvalue weighted by Gasteiger charge is 2.33. The number of aromatic nitrogens is 3. The Morgan fingerprint density at radius 3 is 3.14 bits per heavy atom. The first-order valence-corrected chi connectivity index (χ1v) is 10.6. The molecule has 1 unspecified atom stereocenters. The summed E-state index contributed by atoms with van der Waals surface area (Å²) in [7, 11) is 1.64. The van der Waals surface area contributed by atoms with Gasteiger partial charge in [-0.25, -0.2) is 15.0 Å². The number of anilines is 2. The Morgan fingerprint density at radius 1 is 1.32 bits per heavy atom. The Morgan fingerprint density at radius 2 is 2.25 bits per heavy atom. The van der Waals surface area contributed by atoms with E-state index in [0.29, 0.717) is 5.13 Å². The molecule has 0 radical (unpaired) electrons. The van der Waals surface area contributed by atoms with Crippen LogP contribution in [0.25, 0.3) is 20.4 Å². The Balaban J connectivity index is 1.40. The molecule has 1 N–H and O–H groups in total. The lowest BCUT2D eigenvalue weighted by Crippen LogP contribution is -2.40. The summed E-state index contributed by atoms with van der Waals surface area (Å²) in [5.41, 5.74) is 0.847. The fourth-order valence-electron chi connectivity index (χ4n) is 3.57. The maximum absolute atomic E-state index is 13.0. The number of thiophene rings is 1. The molecule has 142 valence electrons. The molecule has 0 spiro atoms. The summed E-state index contributed by atoms with van der Waals surface area (Å²) in [5.74, 6) is 1.56. The number of fused-ring (bicyclic) bond motifs is 2. The zero-order valence-corrected chi connectivity index (χ0v) is 16.7. The van der Waals surface area contributed by atoms with Gasteiger partial charge in [0.05, 0.1) is 22.7 Å². The van der Waals surface area contributed by atoms with Crippen molar-refractivity contribution >= 4 is 60.0 Å². The SMILES string of the molecule is COc1ccc2nc(NC(=O)C3CCCN3c3ncnc4sccc34)sc2c1. The van der Waals surface area contributed by atoms with Crippen molar-refractivity contribution in [2.75, 3.05) is 23.9 Å². The molecule has 0 saturated carbocycles. The van der Waals surface area contributed by atoms with E-state index in [4.69, 9.17) is 4.74 Å². The molecule has 5 rings (SSSR count). The molecule has 0 bridgehead atoms. The first kappa shape index (κ1) is 17.3. The van der Waals surface area contributed by atoms with E-state index in [1.165, 1.54) is 11.3 Å². The highest BCUT2D eigenvalue weighted by atomic mass is 32.1. The van der Waals surface area contributed by atoms with Gasteiger partial charge in [-0.2, -0.15) is 0 Å². The minimum atomic E-state index is -0.264. The lowest BCUT2D eigenvalue weighted by Gasteiger charge is -2.24. The van der Waals surface area contributed by atoms with Crippen LogP contribution >= 0.6 is 22.7 Å². The number of hydrogen-bond acceptors (Lipinski definition) is 8. The maximum atomic E-state index is 13.0. The molecule has 1 fully saturated rings. The van der Waals surface area contributed by atoms with Crippen LogP contribution in [0.5, 0.6) is 5.75 Å². The van der Waals surface area contributed by atoms with E-state index in [1.807, 2.05) is 29.6 Å². The summed E-state index contributed by atoms with van der Waals surface area (Å²) < 4.78 is 6.24. The number of nitrogens with one attached hydrogen (secondary N) is 1. The smallest absolute Gasteiger partial charge is 0.248 e. The van der Waals surface area contributed by atoms with Gasteiger partial charge in [0.25, 0.3) is 0 Å². The van der Waals surface area contributed by atoms with Crippen molar-refractivity contribution in [2.45, 2.75) is 18.9 Å². The van der Waals surface area contributed by atoms with Gasteiger partial charge in [0.15, 0.2) is 5.13 Å². The van der Waals surface area contributed by atoms with E-state index >= 15 is 0 Å². The third-order valence-electron chi connectivity index (χ3n) is 4.89. The number of amides is 1. The van der Waals surface area contributed by atoms with Gasteiger partial charge in [-0.1, -0.05) is 11.3 Å². The maximum Gasteiger partial charge on any atom is 0.248 e. The van der Waals surface area contributed by atoms with Crippen molar-refractivity contribution in [3.05, 3.63) is 36.0 Å². The van der Waals surface area contributed by atoms with Crippen molar-refractivity contribution in [3.63, 3.8) is 0 Å². The van der Waals surface area contributed by atoms with Gasteiger partial charge >= 0.3 is 0 Å². The molecule has 0 aliphatic carbocycles. The normalized spacial score (nSPS) is 16.8. The summed E-state index contributed by atoms with van der Waals surface area (Å²) in [6.45, 7) is 0.803. The quantitative estimate of drug-likeness (QED) is 0.548. The van der Waals surface area contributed by atoms with Crippen molar-refractivity contribution in [2.24, 2.45) is 0 Å². The number of ether oxygens (including phenoxy) is 1. The monoisotopic (exact) mass is 411 g/mol. The Hall–Kier alpha value is -2.78. The predicted molar refractivity (Wildman–Crippen MR) is 113 cm³/mol. The van der Waals surface area contributed by atoms with Gasteiger partial charge in [0.2, 0.25) is 5.91 Å². The summed E-state index contributed by atoms with van der Waals surface area (Å²) in [5, 5.41) is 6.60. The number of rotatable bonds is 4. The van der Waals surface area contributed by atoms with Crippen molar-refractivity contribution < 1.29 is 9.53 Å². The Bertz CT molecular complexity index is 1170. The first-order chi connectivity index (χ1) is 13.7. The molecular weight excluding hydrogens is 394 g/mol. The van der Waals surface area contributed by atoms with Gasteiger partial charge in [-0.3, -0.25) is 4.79 Å². The first-order valence-electron chi connectivity index (χ1n) is 8.93. The number of thiazole rings is 1. The minimum absolute atomic E-state index is 0.0505. The third kappa shape index (κ3) is 2.96. The molecule has 3 aromatic heterocycles. The average Bonchev–Trinajstić information content (AvgIpc) is 3.44. The largest absolute Gasteiger partial charge is 0.497 e. The predicted octanol–water partition coefficient (Wildman–Crippen LogP) is 3.92. The topological polar surface area (TPSA) is 80.2 Å². The molecule has 28 heavy (non-hydrogen) atoms. The van der Waals surface area contributed by atoms with Gasteiger partial charge in [0.1, 0.15) is 28.8 Å². The van der Waals surface area contributed by atoms with Crippen LogP contribution in [0.4, 0.5) is 10.9 Å². The van der Waals surface area contributed by atoms with Gasteiger partial charge in [-0.15, -0.1) is 11.3 Å². The van der Waals surface area contributed by atoms with Crippen LogP contribution in [0, 0.1) is 0 Å². The summed E-state index contributed by atoms with van der Waals surface area (Å²) in [6.07, 6.45) is 3.31. The molecule has 1 atom stereocenters. The zero-order chi connectivity index (χ0) is 19.1. The number of methoxy groups -OCH3 is 1. The molecule has 1 saturated heterocycles. The molecule has 1 aliphatic heterocycles. The summed E-state index contributed by atoms with van der Waals surface area (Å²) in [4.78, 5) is 29.4. The molecule has 9 heteroatoms. The highest BCUT2D eigenvalue weighted by molar-refractivity contribution is 7.22. The zero-order valence-electron chi connectivity index (χ0n) is 15.1. The van der Waals surface area contributed by atoms with Crippen LogP contribution in [-0.4, -0.2) is 40.6 Å². The van der Waals surface area contributed by atoms with Gasteiger partial charge < -0.3 is 15.0 Å². The Labute approximate surface area is 169 Å². The molecule has 1 amide bonds. The van der Waals surface area contributed by atoms with Crippen molar-refractivity contribution in [1.29, 1.82) is 0 Å². The van der Waals surface area contributed by atoms with E-state index in [-0.39, 0.29) is 11.9 Å². The van der Waals surface area contributed by atoms with Crippen LogP contribution < -0.4 is 15.0 Å². The standard InChI is InChI=1S/C19H17N5O2S2/c1-26-11-4-5-13-15(9-11)28-19(22-13)23-17(25)14-3-2-7-24(14)16-12-6-8-27-18(12)21-10-20-16/h4-6,8-10,14H,2-3,7H2,1H3,(H,22,23,25). The number of benzene rings is 1. The van der Waals surface area contributed by atoms with Gasteiger partial charge in [-0.05, 0) is 42.5 Å². The van der Waals surface area contributed by atoms with E-state index in [9.17, 15) is 4.79 Å². The van der Waals surface area contributed by atoms with Crippen LogP contribution in [-0.2, 0) is 4.79 Å². The lowest BCUT2D eigenvalue weighted by atomic mass is 10.2. The summed E-state index contributed by atoms with van der Waals surface area (Å²) in [6, 6.07) is 7.45. The summed E-state index contributed by atoms with van der Waals surface area (Å²) >= 11 is 3.03. The average molecular weight is 412 g/mol. The molecule has 4 aromatic rings. The van der Waals surface area contributed by atoms with Crippen LogP contribution in [0.2, 0.25) is 0 Å². The molecule has 4 heterocycles. The van der Waals surface area contributed by atoms with Gasteiger partial charge in [0, 0.05) is 6.54 Å². The molecule has 7 nitrogen and oxygen atoms in total. The second-order valence-electron chi connectivity index (χ2n) is 6.53. The van der Waals surface area contributed by atoms with E-state index < -0.39 is 0 Å². The van der Waals surface area contributed by atoms with Crippen molar-refractivity contribution in [1.82, 2.24) is 15.0 Å². The van der Waals surface area contributed by atoms with E-state index in [1.54, 1.807) is 24.8 Å². The van der Waals surface area contributed by atoms with Crippen LogP contribution in [0.1, 0.15) is 12.8 Å². The fraction of sp³-hybridized carbons (Fsp3) is 0.263. The van der Waals surface area contributed by atoms with E-state index in [0.717, 1.165) is 51.4 Å². The number of carbonyl (C=O) groups excluding carboxylic acids is 1. The molecular formula is C19H17N5O2S2. The second-order valence-corrected chi connectivity index (χ2v) is 8.46. The Kier molecular flexibility index (Phi) is 4.33. The van der Waals surface area contributed by atoms with E-state index in [2.05, 4.69) is 25.2 Å². The number of hydrogen-bond donors (Lipinski definition) is 1. The second kappa shape index (κ2) is 6.99. The van der Waals surface area contributed by atoms with Crippen LogP contribution in [0.3, 0.4) is 0 Å². The number of nitrogens with zero attached hydrogens (tertiary/aromatic N) is 4. The minimum Gasteiger partial charge on any atom is -0.497 e. The molecule has 1 aromatic carbocycles. The van der Waals surface area contributed by atoms with Crippen LogP contribution in [0.15, 0.2) is 36.0 Å². The number of carbonyl (C=O) groups is 1.